The van der Waals surface area contributed by atoms with Crippen LogP contribution < -0.4 is 0 Å². The lowest BCUT2D eigenvalue weighted by Gasteiger charge is -2.20. The smallest absolute Gasteiger partial charge is 0.330 e. The lowest BCUT2D eigenvalue weighted by Crippen LogP contribution is -2.07. The molecular formula is C7H13ClO2S. The van der Waals surface area contributed by atoms with E-state index in [0.717, 1.165) is 11.8 Å². The summed E-state index contributed by atoms with van der Waals surface area (Å²) in [5.41, 5.74) is 0. The van der Waals surface area contributed by atoms with E-state index in [0.29, 0.717) is 6.61 Å². The van der Waals surface area contributed by atoms with E-state index in [4.69, 9.17) is 15.4 Å². The predicted octanol–water partition coefficient (Wildman–Crippen LogP) is 1.93. The Kier molecular flexibility index (Phi) is 4.61. The van der Waals surface area contributed by atoms with Gasteiger partial charge < -0.3 is 4.74 Å². The minimum atomic E-state index is -1.07. The number of halogens is 1. The lowest BCUT2D eigenvalue weighted by molar-refractivity contribution is -0.137. The van der Waals surface area contributed by atoms with Gasteiger partial charge in [-0.05, 0) is 12.5 Å². The molecule has 0 aliphatic heterocycles. The zero-order valence-electron chi connectivity index (χ0n) is 6.80. The van der Waals surface area contributed by atoms with Crippen molar-refractivity contribution in [2.75, 3.05) is 24.9 Å². The Balaban J connectivity index is 3.42. The average molecular weight is 197 g/mol. The van der Waals surface area contributed by atoms with Crippen molar-refractivity contribution in [3.05, 3.63) is 12.7 Å². The molecule has 0 heterocycles. The van der Waals surface area contributed by atoms with E-state index >= 15 is 0 Å². The molecular weight excluding hydrogens is 184 g/mol. The Morgan fingerprint density at radius 3 is 2.64 bits per heavy atom. The SMILES string of the molecule is C=CC(=O)OCCS(C)(C)Cl. The average Bonchev–Trinajstić information content (AvgIpc) is 1.85. The standard InChI is InChI=1S/C7H13ClO2S/c1-4-7(9)10-5-6-11(2,3)8/h4H,1,5-6H2,2-3H3. The van der Waals surface area contributed by atoms with Crippen LogP contribution in [0.15, 0.2) is 12.7 Å². The van der Waals surface area contributed by atoms with Gasteiger partial charge in [0.1, 0.15) is 6.61 Å². The molecule has 0 saturated carbocycles. The number of carbonyl (C=O) groups is 1. The van der Waals surface area contributed by atoms with Gasteiger partial charge in [-0.3, -0.25) is 0 Å². The van der Waals surface area contributed by atoms with Gasteiger partial charge in [-0.15, -0.1) is 0 Å². The monoisotopic (exact) mass is 196 g/mol. The van der Waals surface area contributed by atoms with Gasteiger partial charge in [0, 0.05) is 11.8 Å². The van der Waals surface area contributed by atoms with Crippen molar-refractivity contribution < 1.29 is 9.53 Å². The van der Waals surface area contributed by atoms with E-state index in [2.05, 4.69) is 6.58 Å². The molecule has 4 heteroatoms. The van der Waals surface area contributed by atoms with Crippen LogP contribution in [0.4, 0.5) is 0 Å². The maximum atomic E-state index is 10.5. The molecule has 0 rings (SSSR count). The molecule has 0 bridgehead atoms. The molecule has 0 N–H and O–H groups in total. The Morgan fingerprint density at radius 1 is 1.73 bits per heavy atom. The molecule has 0 atom stereocenters. The maximum absolute atomic E-state index is 10.5. The van der Waals surface area contributed by atoms with E-state index < -0.39 is 9.24 Å². The van der Waals surface area contributed by atoms with Crippen LogP contribution in [0, 0.1) is 0 Å². The van der Waals surface area contributed by atoms with Gasteiger partial charge >= 0.3 is 5.97 Å². The van der Waals surface area contributed by atoms with Gasteiger partial charge in [-0.1, -0.05) is 17.3 Å². The molecule has 11 heavy (non-hydrogen) atoms. The normalized spacial score (nSPS) is 12.3. The lowest BCUT2D eigenvalue weighted by atomic mass is 10.6. The first-order valence-electron chi connectivity index (χ1n) is 3.15. The molecule has 0 fully saturated rings. The highest BCUT2D eigenvalue weighted by Gasteiger charge is 2.07. The summed E-state index contributed by atoms with van der Waals surface area (Å²) in [6.45, 7) is 3.66. The Bertz CT molecular complexity index is 151. The Labute approximate surface area is 73.4 Å². The summed E-state index contributed by atoms with van der Waals surface area (Å²) in [6.07, 6.45) is 5.06. The largest absolute Gasteiger partial charge is 0.462 e. The maximum Gasteiger partial charge on any atom is 0.330 e. The second kappa shape index (κ2) is 4.67. The van der Waals surface area contributed by atoms with Crippen molar-refractivity contribution >= 4 is 25.9 Å². The van der Waals surface area contributed by atoms with E-state index in [-0.39, 0.29) is 5.97 Å². The molecule has 0 aliphatic carbocycles. The molecule has 0 amide bonds. The highest BCUT2D eigenvalue weighted by molar-refractivity contribution is 8.50. The topological polar surface area (TPSA) is 26.3 Å². The zero-order valence-corrected chi connectivity index (χ0v) is 8.37. The summed E-state index contributed by atoms with van der Waals surface area (Å²) in [5.74, 6) is 0.346. The summed E-state index contributed by atoms with van der Waals surface area (Å²) in [5, 5.41) is 0. The molecule has 0 saturated heterocycles. The van der Waals surface area contributed by atoms with E-state index in [1.54, 1.807) is 0 Å². The molecule has 0 aromatic carbocycles. The van der Waals surface area contributed by atoms with Crippen LogP contribution >= 0.6 is 19.9 Å². The van der Waals surface area contributed by atoms with Crippen molar-refractivity contribution in [1.29, 1.82) is 0 Å². The fourth-order valence-electron chi connectivity index (χ4n) is 0.399. The van der Waals surface area contributed by atoms with Crippen molar-refractivity contribution in [2.24, 2.45) is 0 Å². The summed E-state index contributed by atoms with van der Waals surface area (Å²) in [6, 6.07) is 0. The van der Waals surface area contributed by atoms with Gasteiger partial charge in [0.05, 0.1) is 0 Å². The van der Waals surface area contributed by atoms with Crippen LogP contribution in [-0.4, -0.2) is 30.8 Å². The van der Waals surface area contributed by atoms with Crippen LogP contribution in [0.3, 0.4) is 0 Å². The van der Waals surface area contributed by atoms with Crippen molar-refractivity contribution in [2.45, 2.75) is 0 Å². The molecule has 0 aliphatic rings. The second-order valence-electron chi connectivity index (χ2n) is 2.48. The summed E-state index contributed by atoms with van der Waals surface area (Å²) in [7, 11) is 4.86. The number of rotatable bonds is 4. The Morgan fingerprint density at radius 2 is 2.27 bits per heavy atom. The first-order valence-corrected chi connectivity index (χ1v) is 6.60. The third kappa shape index (κ3) is 7.75. The van der Waals surface area contributed by atoms with Crippen LogP contribution in [0.2, 0.25) is 0 Å². The van der Waals surface area contributed by atoms with Crippen LogP contribution in [0.25, 0.3) is 0 Å². The number of carbonyl (C=O) groups excluding carboxylic acids is 1. The minimum absolute atomic E-state index is 0.384. The first kappa shape index (κ1) is 10.8. The highest BCUT2D eigenvalue weighted by Crippen LogP contribution is 2.44. The highest BCUT2D eigenvalue weighted by atomic mass is 35.7. The Hall–Kier alpha value is -0.150. The summed E-state index contributed by atoms with van der Waals surface area (Å²) >= 11 is 0. The van der Waals surface area contributed by atoms with Crippen LogP contribution in [0.5, 0.6) is 0 Å². The summed E-state index contributed by atoms with van der Waals surface area (Å²) in [4.78, 5) is 10.5. The van der Waals surface area contributed by atoms with Crippen LogP contribution in [-0.2, 0) is 9.53 Å². The summed E-state index contributed by atoms with van der Waals surface area (Å²) < 4.78 is 4.75. The molecule has 0 aromatic rings. The number of hydrogen-bond donors (Lipinski definition) is 0. The van der Waals surface area contributed by atoms with Gasteiger partial charge in [0.25, 0.3) is 0 Å². The van der Waals surface area contributed by atoms with Crippen molar-refractivity contribution in [1.82, 2.24) is 0 Å². The van der Waals surface area contributed by atoms with Gasteiger partial charge in [-0.25, -0.2) is 4.79 Å². The first-order chi connectivity index (χ1) is 4.95. The molecule has 66 valence electrons. The quantitative estimate of drug-likeness (QED) is 0.508. The zero-order chi connectivity index (χ0) is 8.91. The van der Waals surface area contributed by atoms with Crippen molar-refractivity contribution in [3.8, 4) is 0 Å². The molecule has 0 radical (unpaired) electrons. The fourth-order valence-corrected chi connectivity index (χ4v) is 1.07. The molecule has 0 unspecified atom stereocenters. The molecule has 2 nitrogen and oxygen atoms in total. The number of esters is 1. The molecule has 0 aromatic heterocycles. The van der Waals surface area contributed by atoms with E-state index in [1.165, 1.54) is 0 Å². The number of hydrogen-bond acceptors (Lipinski definition) is 2. The predicted molar refractivity (Wildman–Crippen MR) is 51.3 cm³/mol. The number of ether oxygens (including phenoxy) is 1. The minimum Gasteiger partial charge on any atom is -0.462 e. The second-order valence-corrected chi connectivity index (χ2v) is 8.20. The van der Waals surface area contributed by atoms with Gasteiger partial charge in [-0.2, -0.15) is 9.24 Å². The third-order valence-corrected chi connectivity index (χ3v) is 2.58. The van der Waals surface area contributed by atoms with Crippen LogP contribution in [0.1, 0.15) is 0 Å². The third-order valence-electron chi connectivity index (χ3n) is 0.980. The van der Waals surface area contributed by atoms with Crippen molar-refractivity contribution in [3.63, 3.8) is 0 Å². The van der Waals surface area contributed by atoms with Gasteiger partial charge in [0.15, 0.2) is 0 Å². The van der Waals surface area contributed by atoms with E-state index in [9.17, 15) is 4.79 Å². The van der Waals surface area contributed by atoms with E-state index in [1.807, 2.05) is 12.5 Å². The fraction of sp³-hybridized carbons (Fsp3) is 0.571. The molecule has 0 spiro atoms. The van der Waals surface area contributed by atoms with Gasteiger partial charge in [0.2, 0.25) is 0 Å².